The Balaban J connectivity index is 1.70. The summed E-state index contributed by atoms with van der Waals surface area (Å²) in [5, 5.41) is 3.40. The number of halogens is 1. The van der Waals surface area contributed by atoms with Gasteiger partial charge in [-0.1, -0.05) is 28.1 Å². The van der Waals surface area contributed by atoms with Crippen LogP contribution in [0.5, 0.6) is 0 Å². The highest BCUT2D eigenvalue weighted by Gasteiger charge is 2.08. The lowest BCUT2D eigenvalue weighted by molar-refractivity contribution is 0.237. The number of nitrogens with one attached hydrogen (secondary N) is 1. The molecule has 1 aliphatic rings. The molecular formula is C15H23BrN2. The molecule has 0 radical (unpaired) electrons. The van der Waals surface area contributed by atoms with E-state index in [4.69, 9.17) is 0 Å². The van der Waals surface area contributed by atoms with Crippen LogP contribution in [-0.4, -0.2) is 37.6 Å². The Kier molecular flexibility index (Phi) is 5.67. The lowest BCUT2D eigenvalue weighted by Crippen LogP contribution is -2.43. The van der Waals surface area contributed by atoms with Crippen LogP contribution in [0.2, 0.25) is 0 Å². The quantitative estimate of drug-likeness (QED) is 0.841. The van der Waals surface area contributed by atoms with Crippen LogP contribution >= 0.6 is 15.9 Å². The van der Waals surface area contributed by atoms with Gasteiger partial charge in [0.15, 0.2) is 0 Å². The lowest BCUT2D eigenvalue weighted by atomic mass is 10.0. The average Bonchev–Trinajstić information content (AvgIpc) is 2.40. The molecule has 1 aromatic carbocycles. The first-order valence-corrected chi connectivity index (χ1v) is 7.74. The third-order valence-electron chi connectivity index (χ3n) is 3.76. The Bertz CT molecular complexity index is 373. The van der Waals surface area contributed by atoms with Gasteiger partial charge in [0, 0.05) is 30.7 Å². The fraction of sp³-hybridized carbons (Fsp3) is 0.600. The third kappa shape index (κ3) is 4.08. The molecule has 3 heteroatoms. The van der Waals surface area contributed by atoms with Crippen molar-refractivity contribution in [2.45, 2.75) is 26.2 Å². The molecule has 1 aromatic rings. The summed E-state index contributed by atoms with van der Waals surface area (Å²) in [6.07, 6.45) is 3.81. The summed E-state index contributed by atoms with van der Waals surface area (Å²) in [5.41, 5.74) is 2.89. The zero-order valence-electron chi connectivity index (χ0n) is 11.2. The molecule has 0 amide bonds. The summed E-state index contributed by atoms with van der Waals surface area (Å²) in [7, 11) is 0. The number of hydrogen-bond donors (Lipinski definition) is 1. The number of aryl methyl sites for hydroxylation is 1. The van der Waals surface area contributed by atoms with Gasteiger partial charge in [-0.05, 0) is 49.9 Å². The Morgan fingerprint density at radius 1 is 1.22 bits per heavy atom. The van der Waals surface area contributed by atoms with Crippen molar-refractivity contribution in [3.05, 3.63) is 33.8 Å². The number of unbranched alkanes of at least 4 members (excludes halogenated alkanes) is 1. The van der Waals surface area contributed by atoms with Gasteiger partial charge in [0.25, 0.3) is 0 Å². The smallest absolute Gasteiger partial charge is 0.0207 e. The van der Waals surface area contributed by atoms with Crippen molar-refractivity contribution in [3.8, 4) is 0 Å². The molecule has 0 aliphatic carbocycles. The molecule has 18 heavy (non-hydrogen) atoms. The molecule has 1 saturated heterocycles. The first-order chi connectivity index (χ1) is 8.77. The van der Waals surface area contributed by atoms with Crippen LogP contribution in [0.15, 0.2) is 22.7 Å². The van der Waals surface area contributed by atoms with Crippen LogP contribution in [0.1, 0.15) is 24.0 Å². The average molecular weight is 311 g/mol. The molecule has 1 aliphatic heterocycles. The van der Waals surface area contributed by atoms with Crippen molar-refractivity contribution >= 4 is 15.9 Å². The molecule has 0 atom stereocenters. The fourth-order valence-electron chi connectivity index (χ4n) is 2.51. The normalized spacial score (nSPS) is 17.0. The maximum atomic E-state index is 3.60. The molecule has 0 unspecified atom stereocenters. The van der Waals surface area contributed by atoms with E-state index in [0.717, 1.165) is 13.1 Å². The standard InChI is InChI=1S/C15H23BrN2/c1-13-14(6-4-7-15(13)16)5-2-3-10-18-11-8-17-9-12-18/h4,6-7,17H,2-3,5,8-12H2,1H3. The van der Waals surface area contributed by atoms with E-state index in [0.29, 0.717) is 0 Å². The number of nitrogens with zero attached hydrogens (tertiary/aromatic N) is 1. The lowest BCUT2D eigenvalue weighted by Gasteiger charge is -2.27. The zero-order chi connectivity index (χ0) is 12.8. The minimum Gasteiger partial charge on any atom is -0.314 e. The van der Waals surface area contributed by atoms with Gasteiger partial charge in [-0.3, -0.25) is 0 Å². The number of piperazine rings is 1. The van der Waals surface area contributed by atoms with Crippen molar-refractivity contribution in [2.24, 2.45) is 0 Å². The summed E-state index contributed by atoms with van der Waals surface area (Å²) in [5.74, 6) is 0. The van der Waals surface area contributed by atoms with Gasteiger partial charge in [-0.25, -0.2) is 0 Å². The topological polar surface area (TPSA) is 15.3 Å². The molecule has 0 aromatic heterocycles. The van der Waals surface area contributed by atoms with E-state index >= 15 is 0 Å². The van der Waals surface area contributed by atoms with Gasteiger partial charge in [0.05, 0.1) is 0 Å². The monoisotopic (exact) mass is 310 g/mol. The Labute approximate surface area is 119 Å². The van der Waals surface area contributed by atoms with Crippen molar-refractivity contribution in [2.75, 3.05) is 32.7 Å². The molecule has 0 spiro atoms. The fourth-order valence-corrected chi connectivity index (χ4v) is 2.92. The van der Waals surface area contributed by atoms with E-state index in [9.17, 15) is 0 Å². The largest absolute Gasteiger partial charge is 0.314 e. The van der Waals surface area contributed by atoms with Gasteiger partial charge < -0.3 is 10.2 Å². The molecule has 1 heterocycles. The van der Waals surface area contributed by atoms with Crippen molar-refractivity contribution in [1.82, 2.24) is 10.2 Å². The maximum Gasteiger partial charge on any atom is 0.0207 e. The highest BCUT2D eigenvalue weighted by molar-refractivity contribution is 9.10. The first kappa shape index (κ1) is 14.0. The van der Waals surface area contributed by atoms with E-state index < -0.39 is 0 Å². The molecule has 1 N–H and O–H groups in total. The summed E-state index contributed by atoms with van der Waals surface area (Å²) < 4.78 is 1.24. The molecule has 0 bridgehead atoms. The van der Waals surface area contributed by atoms with Crippen LogP contribution in [0, 0.1) is 6.92 Å². The van der Waals surface area contributed by atoms with Gasteiger partial charge in [-0.15, -0.1) is 0 Å². The number of hydrogen-bond acceptors (Lipinski definition) is 2. The number of benzene rings is 1. The van der Waals surface area contributed by atoms with Gasteiger partial charge in [0.2, 0.25) is 0 Å². The van der Waals surface area contributed by atoms with Gasteiger partial charge in [-0.2, -0.15) is 0 Å². The molecular weight excluding hydrogens is 288 g/mol. The second kappa shape index (κ2) is 7.27. The predicted octanol–water partition coefficient (Wildman–Crippen LogP) is 2.99. The van der Waals surface area contributed by atoms with Crippen LogP contribution in [-0.2, 0) is 6.42 Å². The van der Waals surface area contributed by atoms with E-state index in [1.165, 1.54) is 54.5 Å². The van der Waals surface area contributed by atoms with Crippen LogP contribution in [0.4, 0.5) is 0 Å². The Hall–Kier alpha value is -0.380. The van der Waals surface area contributed by atoms with E-state index in [1.54, 1.807) is 0 Å². The second-order valence-electron chi connectivity index (χ2n) is 5.07. The summed E-state index contributed by atoms with van der Waals surface area (Å²) in [4.78, 5) is 2.57. The van der Waals surface area contributed by atoms with Gasteiger partial charge in [0.1, 0.15) is 0 Å². The summed E-state index contributed by atoms with van der Waals surface area (Å²) >= 11 is 3.60. The minimum absolute atomic E-state index is 1.16. The predicted molar refractivity (Wildman–Crippen MR) is 81.1 cm³/mol. The van der Waals surface area contributed by atoms with Crippen LogP contribution < -0.4 is 5.32 Å². The molecule has 1 fully saturated rings. The second-order valence-corrected chi connectivity index (χ2v) is 5.93. The SMILES string of the molecule is Cc1c(Br)cccc1CCCCN1CCNCC1. The van der Waals surface area contributed by atoms with Crippen molar-refractivity contribution in [1.29, 1.82) is 0 Å². The highest BCUT2D eigenvalue weighted by atomic mass is 79.9. The van der Waals surface area contributed by atoms with E-state index in [2.05, 4.69) is 51.3 Å². The maximum absolute atomic E-state index is 3.60. The molecule has 0 saturated carbocycles. The third-order valence-corrected chi connectivity index (χ3v) is 4.62. The number of rotatable bonds is 5. The summed E-state index contributed by atoms with van der Waals surface area (Å²) in [6.45, 7) is 8.21. The zero-order valence-corrected chi connectivity index (χ0v) is 12.8. The van der Waals surface area contributed by atoms with Crippen LogP contribution in [0.25, 0.3) is 0 Å². The van der Waals surface area contributed by atoms with Gasteiger partial charge >= 0.3 is 0 Å². The Morgan fingerprint density at radius 2 is 2.00 bits per heavy atom. The molecule has 100 valence electrons. The first-order valence-electron chi connectivity index (χ1n) is 6.94. The van der Waals surface area contributed by atoms with E-state index in [1.807, 2.05) is 0 Å². The Morgan fingerprint density at radius 3 is 2.78 bits per heavy atom. The van der Waals surface area contributed by atoms with Crippen molar-refractivity contribution in [3.63, 3.8) is 0 Å². The van der Waals surface area contributed by atoms with Crippen molar-refractivity contribution < 1.29 is 0 Å². The minimum atomic E-state index is 1.16. The molecule has 2 nitrogen and oxygen atoms in total. The highest BCUT2D eigenvalue weighted by Crippen LogP contribution is 2.20. The van der Waals surface area contributed by atoms with E-state index in [-0.39, 0.29) is 0 Å². The van der Waals surface area contributed by atoms with Crippen LogP contribution in [0.3, 0.4) is 0 Å². The molecule has 2 rings (SSSR count). The summed E-state index contributed by atoms with van der Waals surface area (Å²) in [6, 6.07) is 6.52.